The number of carbonyl (C=O) groups is 1. The van der Waals surface area contributed by atoms with Crippen molar-refractivity contribution in [3.05, 3.63) is 84.1 Å². The molecule has 0 bridgehead atoms. The Kier molecular flexibility index (Phi) is 5.95. The molecule has 0 atom stereocenters. The molecule has 34 heavy (non-hydrogen) atoms. The number of nitrogens with zero attached hydrogens (tertiary/aromatic N) is 2. The lowest BCUT2D eigenvalue weighted by atomic mass is 10.1. The summed E-state index contributed by atoms with van der Waals surface area (Å²) in [5.41, 5.74) is 0.0498. The molecule has 0 fully saturated rings. The topological polar surface area (TPSA) is 73.6 Å². The minimum Gasteiger partial charge on any atom is -0.489 e. The van der Waals surface area contributed by atoms with Crippen LogP contribution in [0.2, 0.25) is 0 Å². The van der Waals surface area contributed by atoms with Gasteiger partial charge >= 0.3 is 12.1 Å². The maximum Gasteiger partial charge on any atom is 0.416 e. The highest BCUT2D eigenvalue weighted by Gasteiger charge is 2.30. The van der Waals surface area contributed by atoms with Gasteiger partial charge in [0.25, 0.3) is 0 Å². The van der Waals surface area contributed by atoms with Crippen LogP contribution in [-0.4, -0.2) is 26.5 Å². The minimum atomic E-state index is -4.38. The highest BCUT2D eigenvalue weighted by atomic mass is 19.4. The van der Waals surface area contributed by atoms with E-state index in [1.54, 1.807) is 30.5 Å². The van der Waals surface area contributed by atoms with E-state index in [0.29, 0.717) is 22.7 Å². The molecule has 0 aliphatic carbocycles. The van der Waals surface area contributed by atoms with E-state index in [1.807, 2.05) is 18.2 Å². The van der Waals surface area contributed by atoms with Gasteiger partial charge in [0.2, 0.25) is 0 Å². The zero-order valence-corrected chi connectivity index (χ0v) is 18.3. The molecule has 0 amide bonds. The van der Waals surface area contributed by atoms with Crippen molar-refractivity contribution in [2.75, 3.05) is 0 Å². The smallest absolute Gasteiger partial charge is 0.416 e. The van der Waals surface area contributed by atoms with Crippen molar-refractivity contribution in [1.82, 2.24) is 9.78 Å². The second-order valence-corrected chi connectivity index (χ2v) is 8.19. The van der Waals surface area contributed by atoms with Crippen LogP contribution in [0.5, 0.6) is 11.5 Å². The highest BCUT2D eigenvalue weighted by molar-refractivity contribution is 5.79. The van der Waals surface area contributed by atoms with Crippen molar-refractivity contribution in [1.29, 1.82) is 0 Å². The summed E-state index contributed by atoms with van der Waals surface area (Å²) in [7, 11) is 0. The molecule has 1 heterocycles. The Morgan fingerprint density at radius 2 is 1.62 bits per heavy atom. The lowest BCUT2D eigenvalue weighted by molar-refractivity contribution is -0.152. The lowest BCUT2D eigenvalue weighted by Crippen LogP contribution is -2.37. The molecule has 0 aliphatic rings. The predicted molar refractivity (Wildman–Crippen MR) is 119 cm³/mol. The monoisotopic (exact) mass is 470 g/mol. The second kappa shape index (κ2) is 8.74. The Morgan fingerprint density at radius 1 is 0.971 bits per heavy atom. The number of hydrogen-bond acceptors (Lipinski definition) is 4. The van der Waals surface area contributed by atoms with Gasteiger partial charge in [-0.25, -0.2) is 9.48 Å². The second-order valence-electron chi connectivity index (χ2n) is 8.19. The zero-order valence-electron chi connectivity index (χ0n) is 18.3. The first-order chi connectivity index (χ1) is 16.0. The van der Waals surface area contributed by atoms with E-state index in [0.717, 1.165) is 23.1 Å². The van der Waals surface area contributed by atoms with Crippen molar-refractivity contribution in [2.45, 2.75) is 32.2 Å². The molecular weight excluding hydrogens is 449 g/mol. The lowest BCUT2D eigenvalue weighted by Gasteiger charge is -2.21. The number of rotatable bonds is 7. The number of fused-ring (bicyclic) bond motifs is 1. The summed E-state index contributed by atoms with van der Waals surface area (Å²) in [6.07, 6.45) is -2.64. The number of ether oxygens (including phenoxy) is 2. The van der Waals surface area contributed by atoms with Gasteiger partial charge in [0.05, 0.1) is 16.8 Å². The summed E-state index contributed by atoms with van der Waals surface area (Å²) in [6.45, 7) is 3.22. The molecule has 1 aromatic heterocycles. The van der Waals surface area contributed by atoms with Gasteiger partial charge in [0, 0.05) is 11.6 Å². The summed E-state index contributed by atoms with van der Waals surface area (Å²) in [5.74, 6) is -0.0669. The maximum absolute atomic E-state index is 12.8. The third-order valence-electron chi connectivity index (χ3n) is 5.15. The number of benzene rings is 3. The third kappa shape index (κ3) is 5.14. The average Bonchev–Trinajstić information content (AvgIpc) is 3.21. The van der Waals surface area contributed by atoms with Gasteiger partial charge in [-0.2, -0.15) is 18.3 Å². The van der Waals surface area contributed by atoms with Gasteiger partial charge in [-0.05, 0) is 80.1 Å². The quantitative estimate of drug-likeness (QED) is 0.366. The van der Waals surface area contributed by atoms with Crippen LogP contribution in [0.1, 0.15) is 25.0 Å². The van der Waals surface area contributed by atoms with E-state index in [1.165, 1.54) is 30.7 Å². The maximum atomic E-state index is 12.8. The molecule has 3 aromatic carbocycles. The number of halogens is 3. The zero-order chi connectivity index (χ0) is 24.5. The van der Waals surface area contributed by atoms with E-state index >= 15 is 0 Å². The predicted octanol–water partition coefficient (Wildman–Crippen LogP) is 5.87. The summed E-state index contributed by atoms with van der Waals surface area (Å²) in [6, 6.07) is 17.0. The molecule has 0 saturated heterocycles. The number of hydrogen-bond donors (Lipinski definition) is 1. The molecule has 9 heteroatoms. The van der Waals surface area contributed by atoms with Crippen molar-refractivity contribution in [3.8, 4) is 17.2 Å². The molecule has 6 nitrogen and oxygen atoms in total. The van der Waals surface area contributed by atoms with Crippen LogP contribution in [0.3, 0.4) is 0 Å². The van der Waals surface area contributed by atoms with Crippen molar-refractivity contribution < 1.29 is 32.5 Å². The van der Waals surface area contributed by atoms with Crippen LogP contribution >= 0.6 is 0 Å². The fraction of sp³-hybridized carbons (Fsp3) is 0.200. The molecule has 0 spiro atoms. The van der Waals surface area contributed by atoms with Crippen molar-refractivity contribution >= 4 is 16.9 Å². The van der Waals surface area contributed by atoms with Crippen LogP contribution in [0, 0.1) is 0 Å². The van der Waals surface area contributed by atoms with E-state index < -0.39 is 23.3 Å². The van der Waals surface area contributed by atoms with Gasteiger partial charge in [-0.3, -0.25) is 0 Å². The minimum absolute atomic E-state index is 0.280. The van der Waals surface area contributed by atoms with Gasteiger partial charge in [0.1, 0.15) is 18.1 Å². The van der Waals surface area contributed by atoms with Gasteiger partial charge in [-0.15, -0.1) is 0 Å². The van der Waals surface area contributed by atoms with Gasteiger partial charge < -0.3 is 14.6 Å². The summed E-state index contributed by atoms with van der Waals surface area (Å²) in [4.78, 5) is 11.2. The van der Waals surface area contributed by atoms with E-state index in [9.17, 15) is 18.0 Å². The number of carboxylic acids is 1. The summed E-state index contributed by atoms with van der Waals surface area (Å²) >= 11 is 0. The fourth-order valence-electron chi connectivity index (χ4n) is 3.21. The molecule has 176 valence electrons. The van der Waals surface area contributed by atoms with E-state index in [2.05, 4.69) is 5.10 Å². The SMILES string of the molecule is CC(C)(Oc1ccc(OCc2ccc3nn(-c4ccc(C(F)(F)F)cc4)cc3c2)cc1)C(=O)O. The van der Waals surface area contributed by atoms with Crippen molar-refractivity contribution in [2.24, 2.45) is 0 Å². The number of alkyl halides is 3. The van der Waals surface area contributed by atoms with E-state index in [-0.39, 0.29) is 6.61 Å². The van der Waals surface area contributed by atoms with E-state index in [4.69, 9.17) is 14.6 Å². The molecular formula is C25H21F3N2O4. The standard InChI is InChI=1S/C25H21F3N2O4/c1-24(2,23(31)32)34-21-10-8-20(9-11-21)33-15-16-3-12-22-17(13-16)14-30(29-22)19-6-4-18(5-7-19)25(26,27)28/h3-14H,15H2,1-2H3,(H,31,32). The first-order valence-corrected chi connectivity index (χ1v) is 10.3. The number of aliphatic carboxylic acids is 1. The number of carboxylic acid groups (broad SMARTS) is 1. The summed E-state index contributed by atoms with van der Waals surface area (Å²) < 4.78 is 51.2. The Balaban J connectivity index is 1.43. The van der Waals surface area contributed by atoms with Crippen LogP contribution in [0.25, 0.3) is 16.6 Å². The van der Waals surface area contributed by atoms with Crippen LogP contribution in [0.15, 0.2) is 72.9 Å². The average molecular weight is 470 g/mol. The molecule has 0 unspecified atom stereocenters. The molecule has 1 N–H and O–H groups in total. The first kappa shape index (κ1) is 23.2. The Hall–Kier alpha value is -4.01. The molecule has 4 aromatic rings. The molecule has 0 radical (unpaired) electrons. The highest BCUT2D eigenvalue weighted by Crippen LogP contribution is 2.30. The van der Waals surface area contributed by atoms with Crippen LogP contribution in [0.4, 0.5) is 13.2 Å². The Morgan fingerprint density at radius 3 is 2.24 bits per heavy atom. The molecule has 0 saturated carbocycles. The normalized spacial score (nSPS) is 12.0. The molecule has 4 rings (SSSR count). The Bertz CT molecular complexity index is 1310. The largest absolute Gasteiger partial charge is 0.489 e. The first-order valence-electron chi connectivity index (χ1n) is 10.3. The van der Waals surface area contributed by atoms with Crippen molar-refractivity contribution in [3.63, 3.8) is 0 Å². The van der Waals surface area contributed by atoms with Crippen LogP contribution in [-0.2, 0) is 17.6 Å². The molecule has 0 aliphatic heterocycles. The number of aromatic nitrogens is 2. The Labute approximate surface area is 193 Å². The fourth-order valence-corrected chi connectivity index (χ4v) is 3.21. The summed E-state index contributed by atoms with van der Waals surface area (Å²) in [5, 5.41) is 14.4. The van der Waals surface area contributed by atoms with Gasteiger partial charge in [-0.1, -0.05) is 6.07 Å². The van der Waals surface area contributed by atoms with Crippen LogP contribution < -0.4 is 9.47 Å². The third-order valence-corrected chi connectivity index (χ3v) is 5.15. The van der Waals surface area contributed by atoms with Gasteiger partial charge in [0.15, 0.2) is 5.60 Å².